The molecule has 0 radical (unpaired) electrons. The van der Waals surface area contributed by atoms with Crippen molar-refractivity contribution < 1.29 is 9.59 Å². The maximum atomic E-state index is 12.2. The molecule has 0 aliphatic rings. The van der Waals surface area contributed by atoms with E-state index in [9.17, 15) is 9.59 Å². The van der Waals surface area contributed by atoms with Crippen LogP contribution in [0, 0.1) is 0 Å². The summed E-state index contributed by atoms with van der Waals surface area (Å²) in [5, 5.41) is 8.35. The maximum absolute atomic E-state index is 12.2. The van der Waals surface area contributed by atoms with Crippen molar-refractivity contribution in [2.75, 3.05) is 0 Å². The predicted octanol–water partition coefficient (Wildman–Crippen LogP) is 2.81. The Morgan fingerprint density at radius 2 is 1.52 bits per heavy atom. The van der Waals surface area contributed by atoms with Crippen molar-refractivity contribution >= 4 is 11.9 Å². The lowest BCUT2D eigenvalue weighted by Crippen LogP contribution is -2.52. The zero-order chi connectivity index (χ0) is 20.0. The van der Waals surface area contributed by atoms with Gasteiger partial charge in [0.15, 0.2) is 0 Å². The molecule has 0 bridgehead atoms. The number of benzene rings is 1. The summed E-state index contributed by atoms with van der Waals surface area (Å²) in [6, 6.07) is 6.60. The van der Waals surface area contributed by atoms with Gasteiger partial charge in [0.25, 0.3) is 0 Å². The van der Waals surface area contributed by atoms with Crippen LogP contribution in [0.15, 0.2) is 43.0 Å². The van der Waals surface area contributed by atoms with Gasteiger partial charge in [0.1, 0.15) is 12.4 Å². The summed E-state index contributed by atoms with van der Waals surface area (Å²) in [6.07, 6.45) is 4.99. The first-order chi connectivity index (χ1) is 12.7. The zero-order valence-corrected chi connectivity index (χ0v) is 16.4. The van der Waals surface area contributed by atoms with E-state index in [0.29, 0.717) is 0 Å². The van der Waals surface area contributed by atoms with Gasteiger partial charge in [-0.1, -0.05) is 24.3 Å². The minimum Gasteiger partial charge on any atom is -0.350 e. The molecular weight excluding hydrogens is 342 g/mol. The average Bonchev–Trinajstić information content (AvgIpc) is 2.61. The Balaban J connectivity index is 1.91. The lowest BCUT2D eigenvalue weighted by atomic mass is 10.0. The van der Waals surface area contributed by atoms with Crippen LogP contribution >= 0.6 is 0 Å². The van der Waals surface area contributed by atoms with Crippen LogP contribution in [0.3, 0.4) is 0 Å². The van der Waals surface area contributed by atoms with Crippen LogP contribution in [0.4, 0.5) is 4.79 Å². The van der Waals surface area contributed by atoms with E-state index in [1.54, 1.807) is 19.3 Å². The summed E-state index contributed by atoms with van der Waals surface area (Å²) in [4.78, 5) is 32.3. The largest absolute Gasteiger partial charge is 0.350 e. The van der Waals surface area contributed by atoms with Gasteiger partial charge in [-0.25, -0.2) is 14.8 Å². The number of rotatable bonds is 5. The molecule has 27 heavy (non-hydrogen) atoms. The van der Waals surface area contributed by atoms with Crippen molar-refractivity contribution in [3.63, 3.8) is 0 Å². The summed E-state index contributed by atoms with van der Waals surface area (Å²) in [7, 11) is 0. The molecule has 0 saturated carbocycles. The molecule has 2 unspecified atom stereocenters. The average molecular weight is 369 g/mol. The molecule has 144 valence electrons. The molecule has 0 aliphatic carbocycles. The summed E-state index contributed by atoms with van der Waals surface area (Å²) in [5.74, 6) is -0.222. The van der Waals surface area contributed by atoms with Gasteiger partial charge in [-0.3, -0.25) is 4.79 Å². The summed E-state index contributed by atoms with van der Waals surface area (Å²) >= 11 is 0. The maximum Gasteiger partial charge on any atom is 0.315 e. The highest BCUT2D eigenvalue weighted by Gasteiger charge is 2.21. The molecule has 0 aliphatic heterocycles. The normalized spacial score (nSPS) is 13.4. The Morgan fingerprint density at radius 1 is 0.926 bits per heavy atom. The van der Waals surface area contributed by atoms with Gasteiger partial charge in [-0.2, -0.15) is 0 Å². The van der Waals surface area contributed by atoms with Crippen LogP contribution in [-0.2, 0) is 4.79 Å². The van der Waals surface area contributed by atoms with Crippen LogP contribution < -0.4 is 16.0 Å². The fourth-order valence-corrected chi connectivity index (χ4v) is 2.47. The monoisotopic (exact) mass is 369 g/mol. The molecule has 1 aromatic carbocycles. The van der Waals surface area contributed by atoms with E-state index >= 15 is 0 Å². The molecule has 2 aromatic rings. The van der Waals surface area contributed by atoms with E-state index in [1.165, 1.54) is 6.33 Å². The summed E-state index contributed by atoms with van der Waals surface area (Å²) in [5.41, 5.74) is 2.55. The number of amides is 3. The van der Waals surface area contributed by atoms with E-state index in [2.05, 4.69) is 25.9 Å². The predicted molar refractivity (Wildman–Crippen MR) is 105 cm³/mol. The molecule has 1 heterocycles. The van der Waals surface area contributed by atoms with Gasteiger partial charge in [0.05, 0.1) is 6.04 Å². The molecule has 2 atom stereocenters. The highest BCUT2D eigenvalue weighted by atomic mass is 16.2. The first-order valence-electron chi connectivity index (χ1n) is 8.90. The highest BCUT2D eigenvalue weighted by molar-refractivity contribution is 5.87. The van der Waals surface area contributed by atoms with Gasteiger partial charge >= 0.3 is 6.03 Å². The van der Waals surface area contributed by atoms with Gasteiger partial charge in [0, 0.05) is 23.5 Å². The Morgan fingerprint density at radius 3 is 2.07 bits per heavy atom. The van der Waals surface area contributed by atoms with E-state index < -0.39 is 6.04 Å². The number of hydrogen-bond donors (Lipinski definition) is 3. The molecule has 1 aromatic heterocycles. The van der Waals surface area contributed by atoms with Crippen LogP contribution in [0.5, 0.6) is 0 Å². The topological polar surface area (TPSA) is 96.0 Å². The number of hydrogen-bond acceptors (Lipinski definition) is 4. The van der Waals surface area contributed by atoms with Crippen molar-refractivity contribution in [2.45, 2.75) is 52.2 Å². The van der Waals surface area contributed by atoms with Crippen molar-refractivity contribution in [2.24, 2.45) is 0 Å². The molecule has 2 rings (SSSR count). The fourth-order valence-electron chi connectivity index (χ4n) is 2.47. The lowest BCUT2D eigenvalue weighted by Gasteiger charge is -2.24. The van der Waals surface area contributed by atoms with Gasteiger partial charge in [0.2, 0.25) is 5.91 Å². The van der Waals surface area contributed by atoms with Crippen LogP contribution in [0.2, 0.25) is 0 Å². The van der Waals surface area contributed by atoms with Gasteiger partial charge in [-0.15, -0.1) is 0 Å². The zero-order valence-electron chi connectivity index (χ0n) is 16.4. The van der Waals surface area contributed by atoms with E-state index in [0.717, 1.165) is 16.7 Å². The number of nitrogens with zero attached hydrogens (tertiary/aromatic N) is 2. The number of carbonyl (C=O) groups is 2. The molecule has 7 heteroatoms. The van der Waals surface area contributed by atoms with E-state index in [-0.39, 0.29) is 23.5 Å². The fraction of sp³-hybridized carbons (Fsp3) is 0.400. The standard InChI is InChI=1S/C20H27N5O2/c1-13(23-19(27)24-14(2)18(26)25-20(3,4)5)15-6-8-16(9-7-15)17-10-21-12-22-11-17/h6-14H,1-5H3,(H,25,26)(H2,23,24,27). The third-order valence-corrected chi connectivity index (χ3v) is 3.89. The second-order valence-corrected chi connectivity index (χ2v) is 7.55. The number of aromatic nitrogens is 2. The molecule has 0 saturated heterocycles. The Hall–Kier alpha value is -2.96. The van der Waals surface area contributed by atoms with Crippen LogP contribution in [-0.4, -0.2) is 33.5 Å². The minimum absolute atomic E-state index is 0.205. The SMILES string of the molecule is CC(NC(=O)NC(C)c1ccc(-c2cncnc2)cc1)C(=O)NC(C)(C)C. The van der Waals surface area contributed by atoms with E-state index in [1.807, 2.05) is 52.0 Å². The van der Waals surface area contributed by atoms with Crippen molar-refractivity contribution in [1.82, 2.24) is 25.9 Å². The molecule has 3 amide bonds. The van der Waals surface area contributed by atoms with Crippen molar-refractivity contribution in [3.8, 4) is 11.1 Å². The molecule has 0 fully saturated rings. The van der Waals surface area contributed by atoms with Gasteiger partial charge in [-0.05, 0) is 45.7 Å². The van der Waals surface area contributed by atoms with Crippen LogP contribution in [0.25, 0.3) is 11.1 Å². The molecule has 0 spiro atoms. The minimum atomic E-state index is -0.628. The molecular formula is C20H27N5O2. The first-order valence-corrected chi connectivity index (χ1v) is 8.90. The first kappa shape index (κ1) is 20.4. The number of nitrogens with one attached hydrogen (secondary N) is 3. The Bertz CT molecular complexity index is 769. The highest BCUT2D eigenvalue weighted by Crippen LogP contribution is 2.20. The number of urea groups is 1. The van der Waals surface area contributed by atoms with Crippen LogP contribution in [0.1, 0.15) is 46.2 Å². The van der Waals surface area contributed by atoms with Crippen molar-refractivity contribution in [1.29, 1.82) is 0 Å². The second-order valence-electron chi connectivity index (χ2n) is 7.55. The molecule has 3 N–H and O–H groups in total. The lowest BCUT2D eigenvalue weighted by molar-refractivity contribution is -0.123. The third-order valence-electron chi connectivity index (χ3n) is 3.89. The second kappa shape index (κ2) is 8.62. The molecule has 7 nitrogen and oxygen atoms in total. The third kappa shape index (κ3) is 6.36. The van der Waals surface area contributed by atoms with E-state index in [4.69, 9.17) is 0 Å². The van der Waals surface area contributed by atoms with Crippen molar-refractivity contribution in [3.05, 3.63) is 48.5 Å². The summed E-state index contributed by atoms with van der Waals surface area (Å²) < 4.78 is 0. The smallest absolute Gasteiger partial charge is 0.315 e. The Labute approximate surface area is 160 Å². The quantitative estimate of drug-likeness (QED) is 0.755. The number of carbonyl (C=O) groups excluding carboxylic acids is 2. The summed E-state index contributed by atoms with van der Waals surface area (Å²) in [6.45, 7) is 9.23. The Kier molecular flexibility index (Phi) is 6.50. The van der Waals surface area contributed by atoms with Gasteiger partial charge < -0.3 is 16.0 Å².